The summed E-state index contributed by atoms with van der Waals surface area (Å²) in [6.45, 7) is 0.353. The third kappa shape index (κ3) is 3.81. The van der Waals surface area contributed by atoms with E-state index in [2.05, 4.69) is 0 Å². The summed E-state index contributed by atoms with van der Waals surface area (Å²) in [5.41, 5.74) is 0.944. The minimum atomic E-state index is -0.934. The van der Waals surface area contributed by atoms with Gasteiger partial charge >= 0.3 is 5.97 Å². The second-order valence-electron chi connectivity index (χ2n) is 3.47. The zero-order valence-corrected chi connectivity index (χ0v) is 9.60. The molecule has 4 nitrogen and oxygen atoms in total. The molecule has 0 radical (unpaired) electrons. The van der Waals surface area contributed by atoms with Gasteiger partial charge in [0, 0.05) is 12.4 Å². The molecule has 0 amide bonds. The van der Waals surface area contributed by atoms with Gasteiger partial charge in [0.25, 0.3) is 0 Å². The maximum Gasteiger partial charge on any atom is 0.322 e. The summed E-state index contributed by atoms with van der Waals surface area (Å²) in [6.07, 6.45) is 0.379. The van der Waals surface area contributed by atoms with Crippen LogP contribution in [0.3, 0.4) is 0 Å². The van der Waals surface area contributed by atoms with Gasteiger partial charge < -0.3 is 5.11 Å². The number of carboxylic acids is 1. The molecule has 0 saturated heterocycles. The Balaban J connectivity index is 2.69. The van der Waals surface area contributed by atoms with Crippen LogP contribution in [0.5, 0.6) is 0 Å². The van der Waals surface area contributed by atoms with E-state index in [1.165, 1.54) is 5.01 Å². The normalized spacial score (nSPS) is 12.7. The lowest BCUT2D eigenvalue weighted by Crippen LogP contribution is -2.48. The first-order valence-electron chi connectivity index (χ1n) is 4.99. The number of benzene rings is 1. The Kier molecular flexibility index (Phi) is 5.25. The number of carboxylic acid groups (broad SMARTS) is 1. The molecule has 1 aromatic rings. The molecule has 0 aliphatic heterocycles. The summed E-state index contributed by atoms with van der Waals surface area (Å²) in [5, 5.41) is 10.3. The highest BCUT2D eigenvalue weighted by Crippen LogP contribution is 2.07. The molecule has 88 valence electrons. The van der Waals surface area contributed by atoms with Gasteiger partial charge in [-0.2, -0.15) is 0 Å². The van der Waals surface area contributed by atoms with E-state index in [4.69, 9.17) is 22.6 Å². The number of hydrogen-bond donors (Lipinski definition) is 2. The molecule has 0 heterocycles. The molecule has 0 saturated carbocycles. The number of aliphatic carboxylic acids is 1. The van der Waals surface area contributed by atoms with Crippen molar-refractivity contribution >= 4 is 17.6 Å². The Bertz CT molecular complexity index is 332. The Morgan fingerprint density at radius 3 is 2.56 bits per heavy atom. The van der Waals surface area contributed by atoms with Crippen molar-refractivity contribution in [3.8, 4) is 0 Å². The molecule has 0 spiro atoms. The number of nitrogens with zero attached hydrogens (tertiary/aromatic N) is 1. The molecule has 5 heteroatoms. The van der Waals surface area contributed by atoms with Crippen molar-refractivity contribution in [3.63, 3.8) is 0 Å². The highest BCUT2D eigenvalue weighted by molar-refractivity contribution is 6.18. The Morgan fingerprint density at radius 1 is 1.44 bits per heavy atom. The molecule has 0 bridgehead atoms. The number of alkyl halides is 1. The SMILES string of the molecule is NN(CCCl)C(Cc1ccccc1)C(=O)O. The van der Waals surface area contributed by atoms with Gasteiger partial charge in [-0.25, -0.2) is 5.01 Å². The standard InChI is InChI=1S/C11H15ClN2O2/c12-6-7-14(13)10(11(15)16)8-9-4-2-1-3-5-9/h1-5,10H,6-8,13H2,(H,15,16). The van der Waals surface area contributed by atoms with Gasteiger partial charge in [0.05, 0.1) is 0 Å². The summed E-state index contributed by atoms with van der Waals surface area (Å²) in [6, 6.07) is 8.65. The average molecular weight is 243 g/mol. The summed E-state index contributed by atoms with van der Waals surface area (Å²) < 4.78 is 0. The van der Waals surface area contributed by atoms with Crippen molar-refractivity contribution in [1.82, 2.24) is 5.01 Å². The smallest absolute Gasteiger partial charge is 0.322 e. The molecule has 0 fully saturated rings. The predicted molar refractivity (Wildman–Crippen MR) is 63.2 cm³/mol. The van der Waals surface area contributed by atoms with E-state index in [0.29, 0.717) is 18.8 Å². The minimum Gasteiger partial charge on any atom is -0.480 e. The lowest BCUT2D eigenvalue weighted by atomic mass is 10.1. The van der Waals surface area contributed by atoms with E-state index in [0.717, 1.165) is 5.56 Å². The zero-order chi connectivity index (χ0) is 12.0. The van der Waals surface area contributed by atoms with E-state index >= 15 is 0 Å². The van der Waals surface area contributed by atoms with Gasteiger partial charge in [-0.05, 0) is 12.0 Å². The van der Waals surface area contributed by atoms with Crippen LogP contribution < -0.4 is 5.84 Å². The first-order valence-corrected chi connectivity index (χ1v) is 5.52. The summed E-state index contributed by atoms with van der Waals surface area (Å²) in [4.78, 5) is 11.1. The number of halogens is 1. The van der Waals surface area contributed by atoms with E-state index < -0.39 is 12.0 Å². The van der Waals surface area contributed by atoms with Gasteiger partial charge in [0.2, 0.25) is 0 Å². The third-order valence-corrected chi connectivity index (χ3v) is 2.47. The van der Waals surface area contributed by atoms with Gasteiger partial charge in [0.1, 0.15) is 6.04 Å². The second kappa shape index (κ2) is 6.48. The maximum atomic E-state index is 11.1. The largest absolute Gasteiger partial charge is 0.480 e. The number of rotatable bonds is 6. The van der Waals surface area contributed by atoms with E-state index in [9.17, 15) is 4.79 Å². The van der Waals surface area contributed by atoms with Gasteiger partial charge in [-0.15, -0.1) is 11.6 Å². The topological polar surface area (TPSA) is 66.6 Å². The van der Waals surface area contributed by atoms with Crippen molar-refractivity contribution in [2.45, 2.75) is 12.5 Å². The van der Waals surface area contributed by atoms with Crippen LogP contribution in [0, 0.1) is 0 Å². The lowest BCUT2D eigenvalue weighted by Gasteiger charge is -2.23. The van der Waals surface area contributed by atoms with Crippen LogP contribution in [0.1, 0.15) is 5.56 Å². The van der Waals surface area contributed by atoms with Crippen LogP contribution in [-0.2, 0) is 11.2 Å². The summed E-state index contributed by atoms with van der Waals surface area (Å²) in [5.74, 6) is 5.03. The first kappa shape index (κ1) is 13.0. The first-order chi connectivity index (χ1) is 7.65. The van der Waals surface area contributed by atoms with Crippen molar-refractivity contribution in [3.05, 3.63) is 35.9 Å². The molecular formula is C11H15ClN2O2. The lowest BCUT2D eigenvalue weighted by molar-refractivity contribution is -0.143. The van der Waals surface area contributed by atoms with Crippen molar-refractivity contribution in [1.29, 1.82) is 0 Å². The van der Waals surface area contributed by atoms with Crippen molar-refractivity contribution < 1.29 is 9.90 Å². The molecule has 0 aromatic heterocycles. The van der Waals surface area contributed by atoms with Crippen LogP contribution in [0.15, 0.2) is 30.3 Å². The second-order valence-corrected chi connectivity index (χ2v) is 3.85. The molecule has 1 aromatic carbocycles. The van der Waals surface area contributed by atoms with E-state index in [-0.39, 0.29) is 0 Å². The maximum absolute atomic E-state index is 11.1. The van der Waals surface area contributed by atoms with E-state index in [1.807, 2.05) is 30.3 Å². The number of carbonyl (C=O) groups is 1. The van der Waals surface area contributed by atoms with E-state index in [1.54, 1.807) is 0 Å². The van der Waals surface area contributed by atoms with Crippen LogP contribution in [0.4, 0.5) is 0 Å². The van der Waals surface area contributed by atoms with Gasteiger partial charge in [-0.3, -0.25) is 10.6 Å². The van der Waals surface area contributed by atoms with Gasteiger partial charge in [0.15, 0.2) is 0 Å². The van der Waals surface area contributed by atoms with Gasteiger partial charge in [-0.1, -0.05) is 30.3 Å². The quantitative estimate of drug-likeness (QED) is 0.445. The Labute approximate surface area is 99.6 Å². The summed E-state index contributed by atoms with van der Waals surface area (Å²) in [7, 11) is 0. The minimum absolute atomic E-state index is 0.315. The molecule has 1 atom stereocenters. The molecular weight excluding hydrogens is 228 g/mol. The fourth-order valence-corrected chi connectivity index (χ4v) is 1.63. The fraction of sp³-hybridized carbons (Fsp3) is 0.364. The van der Waals surface area contributed by atoms with Crippen molar-refractivity contribution in [2.24, 2.45) is 5.84 Å². The Morgan fingerprint density at radius 2 is 2.06 bits per heavy atom. The number of hydrazine groups is 1. The van der Waals surface area contributed by atoms with Crippen LogP contribution in [0.2, 0.25) is 0 Å². The van der Waals surface area contributed by atoms with Crippen LogP contribution >= 0.6 is 11.6 Å². The predicted octanol–water partition coefficient (Wildman–Crippen LogP) is 1.10. The third-order valence-electron chi connectivity index (χ3n) is 2.30. The molecule has 0 aliphatic rings. The summed E-state index contributed by atoms with van der Waals surface area (Å²) >= 11 is 5.53. The number of nitrogens with two attached hydrogens (primary N) is 1. The molecule has 16 heavy (non-hydrogen) atoms. The van der Waals surface area contributed by atoms with Crippen LogP contribution in [-0.4, -0.2) is 34.6 Å². The fourth-order valence-electron chi connectivity index (χ4n) is 1.44. The van der Waals surface area contributed by atoms with Crippen LogP contribution in [0.25, 0.3) is 0 Å². The average Bonchev–Trinajstić information content (AvgIpc) is 2.27. The Hall–Kier alpha value is -1.10. The highest BCUT2D eigenvalue weighted by Gasteiger charge is 2.22. The zero-order valence-electron chi connectivity index (χ0n) is 8.84. The molecule has 0 aliphatic carbocycles. The molecule has 1 rings (SSSR count). The molecule has 1 unspecified atom stereocenters. The monoisotopic (exact) mass is 242 g/mol. The highest BCUT2D eigenvalue weighted by atomic mass is 35.5. The molecule has 3 N–H and O–H groups in total. The number of hydrogen-bond acceptors (Lipinski definition) is 3. The van der Waals surface area contributed by atoms with Crippen molar-refractivity contribution in [2.75, 3.05) is 12.4 Å².